The average Bonchev–Trinajstić information content (AvgIpc) is 2.90. The molecule has 204 valence electrons. The third-order valence-electron chi connectivity index (χ3n) is 5.68. The van der Waals surface area contributed by atoms with Crippen LogP contribution in [-0.4, -0.2) is 78.4 Å². The monoisotopic (exact) mass is 519 g/mol. The zero-order chi connectivity index (χ0) is 27.9. The third kappa shape index (κ3) is 10.6. The summed E-state index contributed by atoms with van der Waals surface area (Å²) in [7, 11) is 5.48. The Morgan fingerprint density at radius 2 is 1.87 bits per heavy atom. The number of anilines is 3. The highest BCUT2D eigenvalue weighted by molar-refractivity contribution is 5.92. The van der Waals surface area contributed by atoms with Crippen molar-refractivity contribution in [2.24, 2.45) is 0 Å². The van der Waals surface area contributed by atoms with Crippen LogP contribution in [0.4, 0.5) is 17.5 Å². The second-order valence-corrected chi connectivity index (χ2v) is 9.36. The number of amides is 2. The summed E-state index contributed by atoms with van der Waals surface area (Å²) in [6.07, 6.45) is 7.26. The van der Waals surface area contributed by atoms with Gasteiger partial charge in [0.2, 0.25) is 17.8 Å². The predicted molar refractivity (Wildman–Crippen MR) is 154 cm³/mol. The van der Waals surface area contributed by atoms with Crippen molar-refractivity contribution in [1.29, 1.82) is 0 Å². The molecule has 1 atom stereocenters. The van der Waals surface area contributed by atoms with Crippen LogP contribution >= 0.6 is 0 Å². The van der Waals surface area contributed by atoms with Crippen molar-refractivity contribution in [3.63, 3.8) is 0 Å². The van der Waals surface area contributed by atoms with Crippen molar-refractivity contribution in [3.8, 4) is 11.8 Å². The maximum absolute atomic E-state index is 12.4. The second-order valence-electron chi connectivity index (χ2n) is 9.36. The van der Waals surface area contributed by atoms with E-state index in [4.69, 9.17) is 0 Å². The lowest BCUT2D eigenvalue weighted by Gasteiger charge is -2.23. The number of hydrogen-bond acceptors (Lipinski definition) is 7. The number of aromatic nitrogens is 2. The van der Waals surface area contributed by atoms with E-state index in [0.29, 0.717) is 37.7 Å². The van der Waals surface area contributed by atoms with Gasteiger partial charge in [-0.2, -0.15) is 4.98 Å². The lowest BCUT2D eigenvalue weighted by Crippen LogP contribution is -2.45. The highest BCUT2D eigenvalue weighted by Crippen LogP contribution is 2.17. The number of nitrogens with one attached hydrogen (secondary N) is 3. The first-order valence-electron chi connectivity index (χ1n) is 13.0. The van der Waals surface area contributed by atoms with Crippen molar-refractivity contribution >= 4 is 29.3 Å². The first-order valence-corrected chi connectivity index (χ1v) is 13.0. The van der Waals surface area contributed by atoms with Crippen LogP contribution in [0.1, 0.15) is 44.2 Å². The Balaban J connectivity index is 1.87. The van der Waals surface area contributed by atoms with Gasteiger partial charge in [0.05, 0.1) is 11.8 Å². The molecule has 0 spiro atoms. The van der Waals surface area contributed by atoms with Crippen LogP contribution < -0.4 is 16.0 Å². The zero-order valence-electron chi connectivity index (χ0n) is 23.5. The predicted octanol–water partition coefficient (Wildman–Crippen LogP) is 3.56. The molecular weight excluding hydrogens is 478 g/mol. The third-order valence-corrected chi connectivity index (χ3v) is 5.68. The lowest BCUT2D eigenvalue weighted by atomic mass is 10.2. The molecule has 0 saturated carbocycles. The summed E-state index contributed by atoms with van der Waals surface area (Å²) < 4.78 is 0. The number of nitrogens with zero attached hydrogens (tertiary/aromatic N) is 4. The summed E-state index contributed by atoms with van der Waals surface area (Å²) in [4.78, 5) is 37.1. The zero-order valence-corrected chi connectivity index (χ0v) is 23.5. The minimum atomic E-state index is -0.561. The smallest absolute Gasteiger partial charge is 0.246 e. The fourth-order valence-corrected chi connectivity index (χ4v) is 3.22. The molecule has 0 saturated heterocycles. The summed E-state index contributed by atoms with van der Waals surface area (Å²) in [6, 6.07) is 7.48. The molecule has 1 heterocycles. The van der Waals surface area contributed by atoms with Gasteiger partial charge in [-0.1, -0.05) is 42.5 Å². The fraction of sp³-hybridized carbons (Fsp3) is 0.448. The van der Waals surface area contributed by atoms with Crippen LogP contribution in [-0.2, 0) is 9.59 Å². The second kappa shape index (κ2) is 16.0. The largest absolute Gasteiger partial charge is 0.369 e. The van der Waals surface area contributed by atoms with Gasteiger partial charge in [-0.05, 0) is 52.9 Å². The molecule has 0 aliphatic carbocycles. The molecule has 1 aromatic carbocycles. The summed E-state index contributed by atoms with van der Waals surface area (Å²) in [5.74, 6) is 7.11. The van der Waals surface area contributed by atoms with Crippen molar-refractivity contribution in [1.82, 2.24) is 25.1 Å². The van der Waals surface area contributed by atoms with Crippen LogP contribution in [0.15, 0.2) is 42.6 Å². The van der Waals surface area contributed by atoms with Crippen molar-refractivity contribution in [3.05, 3.63) is 53.7 Å². The number of carbonyl (C=O) groups excluding carboxylic acids is 2. The van der Waals surface area contributed by atoms with Crippen LogP contribution in [0.3, 0.4) is 0 Å². The van der Waals surface area contributed by atoms with Crippen LogP contribution in [0, 0.1) is 18.8 Å². The van der Waals surface area contributed by atoms with Gasteiger partial charge >= 0.3 is 0 Å². The van der Waals surface area contributed by atoms with Gasteiger partial charge in [-0.15, -0.1) is 0 Å². The van der Waals surface area contributed by atoms with Gasteiger partial charge in [0.1, 0.15) is 11.9 Å². The van der Waals surface area contributed by atoms with Crippen LogP contribution in [0.2, 0.25) is 0 Å². The molecule has 0 unspecified atom stereocenters. The number of rotatable bonds is 13. The molecule has 2 rings (SSSR count). The first-order chi connectivity index (χ1) is 18.2. The Morgan fingerprint density at radius 1 is 1.13 bits per heavy atom. The average molecular weight is 520 g/mol. The molecule has 0 aliphatic rings. The van der Waals surface area contributed by atoms with Gasteiger partial charge in [-0.25, -0.2) is 4.98 Å². The van der Waals surface area contributed by atoms with E-state index in [2.05, 4.69) is 44.7 Å². The molecule has 3 N–H and O–H groups in total. The molecule has 0 aliphatic heterocycles. The van der Waals surface area contributed by atoms with Crippen molar-refractivity contribution < 1.29 is 9.59 Å². The van der Waals surface area contributed by atoms with Gasteiger partial charge < -0.3 is 25.8 Å². The highest BCUT2D eigenvalue weighted by Gasteiger charge is 2.20. The molecular formula is C29H41N7O2. The minimum Gasteiger partial charge on any atom is -0.369 e. The highest BCUT2D eigenvalue weighted by atomic mass is 16.2. The summed E-state index contributed by atoms with van der Waals surface area (Å²) in [6.45, 7) is 7.78. The van der Waals surface area contributed by atoms with E-state index >= 15 is 0 Å². The van der Waals surface area contributed by atoms with E-state index in [1.165, 1.54) is 16.5 Å². The quantitative estimate of drug-likeness (QED) is 0.211. The van der Waals surface area contributed by atoms with Crippen LogP contribution in [0.5, 0.6) is 0 Å². The van der Waals surface area contributed by atoms with Gasteiger partial charge in [0.25, 0.3) is 0 Å². The summed E-state index contributed by atoms with van der Waals surface area (Å²) in [5.41, 5.74) is 2.84. The fourth-order valence-electron chi connectivity index (χ4n) is 3.22. The molecule has 0 radical (unpaired) electrons. The molecule has 9 heteroatoms. The van der Waals surface area contributed by atoms with Gasteiger partial charge in [0, 0.05) is 44.9 Å². The molecule has 9 nitrogen and oxygen atoms in total. The van der Waals surface area contributed by atoms with E-state index in [-0.39, 0.29) is 11.8 Å². The minimum absolute atomic E-state index is 0.189. The molecule has 1 aromatic heterocycles. The normalized spacial score (nSPS) is 11.6. The number of unbranched alkanes of at least 4 members (excludes halogenated alkanes) is 1. The maximum Gasteiger partial charge on any atom is 0.246 e. The molecule has 38 heavy (non-hydrogen) atoms. The van der Waals surface area contributed by atoms with Crippen LogP contribution in [0.25, 0.3) is 0 Å². The van der Waals surface area contributed by atoms with Crippen molar-refractivity contribution in [2.45, 2.75) is 46.1 Å². The Morgan fingerprint density at radius 3 is 2.55 bits per heavy atom. The number of hydrogen-bond donors (Lipinski definition) is 3. The summed E-state index contributed by atoms with van der Waals surface area (Å²) >= 11 is 0. The topological polar surface area (TPSA) is 102 Å². The van der Waals surface area contributed by atoms with E-state index < -0.39 is 6.04 Å². The van der Waals surface area contributed by atoms with E-state index in [0.717, 1.165) is 24.2 Å². The molecule has 0 bridgehead atoms. The lowest BCUT2D eigenvalue weighted by molar-refractivity contribution is -0.135. The standard InChI is InChI=1S/C29H41N7O2/c1-7-18-30-27-24(21-32-29(34-27)33-25-16-14-22(2)15-17-25)12-9-8-10-19-31-28(38)23(3)36(6)26(37)13-11-20-35(4)5/h11,13-17,21,23H,7-8,10,18-20H2,1-6H3,(H,31,38)(H2,30,32,33,34)/b13-11+/t23-/m0/s1. The Bertz CT molecular complexity index is 1130. The van der Waals surface area contributed by atoms with E-state index in [1.54, 1.807) is 26.2 Å². The Hall–Kier alpha value is -3.90. The first kappa shape index (κ1) is 30.3. The van der Waals surface area contributed by atoms with Crippen molar-refractivity contribution in [2.75, 3.05) is 51.4 Å². The SMILES string of the molecule is CCCNc1nc(Nc2ccc(C)cc2)ncc1C#CCCCNC(=O)[C@H](C)N(C)C(=O)/C=C/CN(C)C. The maximum atomic E-state index is 12.4. The van der Waals surface area contributed by atoms with Gasteiger partial charge in [-0.3, -0.25) is 9.59 Å². The molecule has 0 fully saturated rings. The Kier molecular flexibility index (Phi) is 12.8. The number of likely N-dealkylation sites (N-methyl/N-ethyl adjacent to an activating group) is 2. The number of benzene rings is 1. The van der Waals surface area contributed by atoms with Gasteiger partial charge in [0.15, 0.2) is 0 Å². The van der Waals surface area contributed by atoms with E-state index in [1.807, 2.05) is 50.2 Å². The number of carbonyl (C=O) groups is 2. The van der Waals surface area contributed by atoms with E-state index in [9.17, 15) is 9.59 Å². The molecule has 2 amide bonds. The summed E-state index contributed by atoms with van der Waals surface area (Å²) in [5, 5.41) is 9.44. The Labute approximate surface area is 227 Å². The number of aryl methyl sites for hydroxylation is 1. The molecule has 2 aromatic rings.